The van der Waals surface area contributed by atoms with E-state index in [4.69, 9.17) is 4.52 Å². The van der Waals surface area contributed by atoms with Crippen molar-refractivity contribution >= 4 is 17.9 Å². The van der Waals surface area contributed by atoms with E-state index in [2.05, 4.69) is 53.4 Å². The zero-order valence-corrected chi connectivity index (χ0v) is 21.0. The summed E-state index contributed by atoms with van der Waals surface area (Å²) in [6, 6.07) is 0. The molecule has 0 amide bonds. The average Bonchev–Trinajstić information content (AvgIpc) is 3.16. The minimum atomic E-state index is 0. The first-order valence-corrected chi connectivity index (χ1v) is 10.7. The maximum absolute atomic E-state index is 11.7. The van der Waals surface area contributed by atoms with Crippen molar-refractivity contribution in [2.75, 3.05) is 0 Å². The van der Waals surface area contributed by atoms with Crippen molar-refractivity contribution in [3.63, 3.8) is 0 Å². The summed E-state index contributed by atoms with van der Waals surface area (Å²) in [7, 11) is 2.68. The van der Waals surface area contributed by atoms with Crippen LogP contribution in [-0.2, 0) is 41.8 Å². The van der Waals surface area contributed by atoms with Crippen molar-refractivity contribution in [1.82, 2.24) is 0 Å². The quantitative estimate of drug-likeness (QED) is 0.190. The van der Waals surface area contributed by atoms with Gasteiger partial charge in [0.1, 0.15) is 0 Å². The van der Waals surface area contributed by atoms with E-state index in [0.717, 1.165) is 32.1 Å². The van der Waals surface area contributed by atoms with Gasteiger partial charge in [0.05, 0.1) is 6.10 Å². The summed E-state index contributed by atoms with van der Waals surface area (Å²) in [4.78, 5) is 0. The van der Waals surface area contributed by atoms with E-state index < -0.39 is 0 Å². The minimum Gasteiger partial charge on any atom is -0.358 e. The summed E-state index contributed by atoms with van der Waals surface area (Å²) in [6.45, 7) is 7.97. The molecule has 0 aromatic rings. The number of fused-ring (bicyclic) bond motifs is 1. The Balaban J connectivity index is 0.00000338. The van der Waals surface area contributed by atoms with E-state index in [0.29, 0.717) is 32.1 Å². The van der Waals surface area contributed by atoms with Gasteiger partial charge in [-0.2, -0.15) is 6.42 Å². The van der Waals surface area contributed by atoms with Crippen LogP contribution in [0.3, 0.4) is 0 Å². The molecule has 7 atom stereocenters. The standard InChI is InChI=1S/C21H31O2P2.Y/c1-4-6-8-15(3)20(23-24)11-10-18-19-13-16(9-7-5-2)12-17(19)14-21(18)25-22;/h9-11,15,17-21H,2,5,7-8,12-14,24H2,1,3H3;/q-1;/b11-10+,16-9+;/t15-,17-,18+,19-,20+,21+;/m0./s1. The third-order valence-electron chi connectivity index (χ3n) is 5.73. The summed E-state index contributed by atoms with van der Waals surface area (Å²) in [5.74, 6) is 8.15. The third-order valence-corrected chi connectivity index (χ3v) is 6.87. The number of hydrogen-bond acceptors (Lipinski definition) is 2. The van der Waals surface area contributed by atoms with Crippen LogP contribution in [0.1, 0.15) is 52.4 Å². The van der Waals surface area contributed by atoms with Gasteiger partial charge < -0.3 is 11.4 Å². The fourth-order valence-corrected chi connectivity index (χ4v) is 5.52. The second-order valence-electron chi connectivity index (χ2n) is 7.42. The Morgan fingerprint density at radius 1 is 1.46 bits per heavy atom. The molecule has 2 fully saturated rings. The van der Waals surface area contributed by atoms with Gasteiger partial charge in [-0.1, -0.05) is 37.1 Å². The summed E-state index contributed by atoms with van der Waals surface area (Å²) in [5.41, 5.74) is 1.85. The van der Waals surface area contributed by atoms with Crippen LogP contribution in [-0.4, -0.2) is 11.8 Å². The van der Waals surface area contributed by atoms with Gasteiger partial charge in [-0.3, -0.25) is 4.57 Å². The molecule has 0 bridgehead atoms. The van der Waals surface area contributed by atoms with E-state index in [-0.39, 0.29) is 44.5 Å². The molecule has 2 nitrogen and oxygen atoms in total. The molecule has 0 saturated heterocycles. The number of rotatable bonds is 8. The molecule has 0 aromatic heterocycles. The molecule has 1 radical (unpaired) electrons. The first-order valence-electron chi connectivity index (χ1n) is 9.37. The Hall–Kier alpha value is 0.634. The Kier molecular flexibility index (Phi) is 12.3. The smallest absolute Gasteiger partial charge is 0.159 e. The largest absolute Gasteiger partial charge is 0.358 e. The maximum atomic E-state index is 11.7. The Morgan fingerprint density at radius 2 is 2.23 bits per heavy atom. The van der Waals surface area contributed by atoms with Gasteiger partial charge in [-0.05, 0) is 49.9 Å². The van der Waals surface area contributed by atoms with Gasteiger partial charge in [-0.15, -0.1) is 11.8 Å². The van der Waals surface area contributed by atoms with E-state index >= 15 is 0 Å². The molecule has 2 aliphatic rings. The van der Waals surface area contributed by atoms with Gasteiger partial charge in [-0.25, -0.2) is 0 Å². The molecule has 1 unspecified atom stereocenters. The minimum absolute atomic E-state index is 0. The van der Waals surface area contributed by atoms with Crippen LogP contribution >= 0.6 is 17.9 Å². The van der Waals surface area contributed by atoms with Gasteiger partial charge in [0.25, 0.3) is 0 Å². The maximum Gasteiger partial charge on any atom is 0.159 e. The Morgan fingerprint density at radius 3 is 2.85 bits per heavy atom. The molecule has 0 aromatic carbocycles. The summed E-state index contributed by atoms with van der Waals surface area (Å²) in [6.07, 6.45) is 13.2. The second-order valence-corrected chi connectivity index (χ2v) is 8.56. The third kappa shape index (κ3) is 6.61. The van der Waals surface area contributed by atoms with Crippen LogP contribution in [0, 0.1) is 42.4 Å². The Labute approximate surface area is 189 Å². The van der Waals surface area contributed by atoms with Crippen molar-refractivity contribution in [2.24, 2.45) is 23.7 Å². The molecule has 2 aliphatic carbocycles. The van der Waals surface area contributed by atoms with Crippen molar-refractivity contribution in [3.05, 3.63) is 30.7 Å². The first-order chi connectivity index (χ1) is 12.1. The van der Waals surface area contributed by atoms with Gasteiger partial charge >= 0.3 is 0 Å². The zero-order valence-electron chi connectivity index (χ0n) is 16.1. The predicted molar refractivity (Wildman–Crippen MR) is 109 cm³/mol. The van der Waals surface area contributed by atoms with Crippen molar-refractivity contribution in [2.45, 2.75) is 64.1 Å². The number of unbranched alkanes of at least 4 members (excludes halogenated alkanes) is 1. The predicted octanol–water partition coefficient (Wildman–Crippen LogP) is 6.01. The summed E-state index contributed by atoms with van der Waals surface area (Å²) in [5, 5.41) is 0. The molecule has 2 saturated carbocycles. The summed E-state index contributed by atoms with van der Waals surface area (Å²) < 4.78 is 17.3. The summed E-state index contributed by atoms with van der Waals surface area (Å²) >= 11 is 0. The normalized spacial score (nSPS) is 31.5. The van der Waals surface area contributed by atoms with Crippen LogP contribution in [0.25, 0.3) is 0 Å². The molecule has 141 valence electrons. The zero-order chi connectivity index (χ0) is 18.2. The van der Waals surface area contributed by atoms with E-state index in [1.165, 1.54) is 6.42 Å². The van der Waals surface area contributed by atoms with E-state index in [1.807, 2.05) is 6.92 Å². The molecular weight excluding hydrogens is 435 g/mol. The fourth-order valence-electron chi connectivity index (χ4n) is 4.35. The van der Waals surface area contributed by atoms with Gasteiger partial charge in [0.2, 0.25) is 0 Å². The molecule has 5 heteroatoms. The first kappa shape index (κ1) is 24.7. The fraction of sp³-hybridized carbons (Fsp3) is 0.667. The molecule has 0 heterocycles. The topological polar surface area (TPSA) is 26.3 Å². The van der Waals surface area contributed by atoms with Crippen molar-refractivity contribution in [3.8, 4) is 11.8 Å². The van der Waals surface area contributed by atoms with Gasteiger partial charge in [0.15, 0.2) is 8.46 Å². The van der Waals surface area contributed by atoms with E-state index in [1.54, 1.807) is 5.57 Å². The molecule has 0 N–H and O–H groups in total. The number of allylic oxidation sites excluding steroid dienone is 3. The van der Waals surface area contributed by atoms with Crippen LogP contribution < -0.4 is 0 Å². The SMILES string of the molecule is [CH2-]CC/C=C1\C[C@H]2C[C@@H](P=O)[C@H](/C=C/[C@@H](OP)[C@@H](C)CC#CC)[C@H]2C1.[Y]. The van der Waals surface area contributed by atoms with Gasteiger partial charge in [0, 0.05) is 54.3 Å². The monoisotopic (exact) mass is 466 g/mol. The molecule has 26 heavy (non-hydrogen) atoms. The van der Waals surface area contributed by atoms with E-state index in [9.17, 15) is 4.57 Å². The van der Waals surface area contributed by atoms with Crippen molar-refractivity contribution in [1.29, 1.82) is 0 Å². The molecular formula is C21H31O2P2Y-. The molecule has 0 aliphatic heterocycles. The Bertz CT molecular complexity index is 564. The van der Waals surface area contributed by atoms with Crippen LogP contribution in [0.2, 0.25) is 0 Å². The van der Waals surface area contributed by atoms with Crippen LogP contribution in [0.5, 0.6) is 0 Å². The molecule has 2 rings (SSSR count). The second kappa shape index (κ2) is 13.0. The van der Waals surface area contributed by atoms with Crippen molar-refractivity contribution < 1.29 is 41.8 Å². The average molecular weight is 466 g/mol. The number of hydrogen-bond donors (Lipinski definition) is 0. The van der Waals surface area contributed by atoms with Crippen LogP contribution in [0.15, 0.2) is 23.8 Å². The van der Waals surface area contributed by atoms with Crippen LogP contribution in [0.4, 0.5) is 0 Å². The molecule has 0 spiro atoms.